The lowest BCUT2D eigenvalue weighted by Crippen LogP contribution is -2.41. The summed E-state index contributed by atoms with van der Waals surface area (Å²) in [5.74, 6) is -0.705. The first kappa shape index (κ1) is 15.0. The monoisotopic (exact) mass is 266 g/mol. The minimum absolute atomic E-state index is 0.182. The van der Waals surface area contributed by atoms with Gasteiger partial charge in [-0.1, -0.05) is 19.1 Å². The van der Waals surface area contributed by atoms with E-state index in [2.05, 4.69) is 5.32 Å². The zero-order valence-corrected chi connectivity index (χ0v) is 10.8. The summed E-state index contributed by atoms with van der Waals surface area (Å²) in [6.07, 6.45) is -0.499. The highest BCUT2D eigenvalue weighted by Crippen LogP contribution is 2.13. The second kappa shape index (κ2) is 7.38. The molecule has 0 saturated carbocycles. The number of nitrogens with two attached hydrogens (primary N) is 1. The number of hydrogen-bond donors (Lipinski definition) is 3. The number of aryl methyl sites for hydroxylation is 1. The smallest absolute Gasteiger partial charge is 0.258 e. The lowest BCUT2D eigenvalue weighted by atomic mass is 10.2. The summed E-state index contributed by atoms with van der Waals surface area (Å²) in [4.78, 5) is 21.9. The maximum absolute atomic E-state index is 11.4. The number of rotatable bonds is 7. The van der Waals surface area contributed by atoms with Crippen molar-refractivity contribution in [3.63, 3.8) is 0 Å². The Bertz CT molecular complexity index is 448. The van der Waals surface area contributed by atoms with Gasteiger partial charge in [0, 0.05) is 0 Å². The van der Waals surface area contributed by atoms with E-state index in [1.165, 1.54) is 0 Å². The first-order valence-electron chi connectivity index (χ1n) is 5.98. The molecule has 1 atom stereocenters. The van der Waals surface area contributed by atoms with Crippen molar-refractivity contribution >= 4 is 11.8 Å². The molecule has 6 nitrogen and oxygen atoms in total. The number of nitrogens with one attached hydrogen (secondary N) is 1. The molecule has 1 rings (SSSR count). The first-order chi connectivity index (χ1) is 9.02. The van der Waals surface area contributed by atoms with Crippen molar-refractivity contribution in [1.29, 1.82) is 0 Å². The number of amides is 2. The van der Waals surface area contributed by atoms with Crippen LogP contribution in [0.1, 0.15) is 12.5 Å². The van der Waals surface area contributed by atoms with Crippen LogP contribution in [0, 0.1) is 0 Å². The van der Waals surface area contributed by atoms with Crippen molar-refractivity contribution in [1.82, 2.24) is 5.32 Å². The van der Waals surface area contributed by atoms with Crippen molar-refractivity contribution in [3.05, 3.63) is 29.8 Å². The average molecular weight is 266 g/mol. The zero-order chi connectivity index (χ0) is 14.3. The second-order valence-electron chi connectivity index (χ2n) is 4.01. The van der Waals surface area contributed by atoms with Gasteiger partial charge in [-0.3, -0.25) is 9.59 Å². The van der Waals surface area contributed by atoms with E-state index in [1.807, 2.05) is 25.1 Å². The highest BCUT2D eigenvalue weighted by atomic mass is 16.5. The zero-order valence-electron chi connectivity index (χ0n) is 10.8. The number of benzene rings is 1. The molecule has 0 spiro atoms. The van der Waals surface area contributed by atoms with Crippen molar-refractivity contribution in [2.24, 2.45) is 5.73 Å². The molecule has 1 aromatic carbocycles. The number of aliphatic hydroxyl groups excluding tert-OH is 1. The Labute approximate surface area is 111 Å². The van der Waals surface area contributed by atoms with Gasteiger partial charge in [-0.05, 0) is 24.1 Å². The number of ether oxygens (including phenoxy) is 1. The number of primary amides is 1. The van der Waals surface area contributed by atoms with Crippen molar-refractivity contribution in [2.75, 3.05) is 13.2 Å². The summed E-state index contributed by atoms with van der Waals surface area (Å²) in [5.41, 5.74) is 5.96. The van der Waals surface area contributed by atoms with Crippen LogP contribution in [0.25, 0.3) is 0 Å². The molecule has 0 radical (unpaired) electrons. The predicted molar refractivity (Wildman–Crippen MR) is 69.5 cm³/mol. The van der Waals surface area contributed by atoms with E-state index in [0.717, 1.165) is 12.0 Å². The molecule has 0 heterocycles. The Morgan fingerprint density at radius 3 is 2.84 bits per heavy atom. The molecule has 1 aromatic rings. The topological polar surface area (TPSA) is 102 Å². The first-order valence-corrected chi connectivity index (χ1v) is 5.98. The van der Waals surface area contributed by atoms with Gasteiger partial charge in [0.25, 0.3) is 5.91 Å². The van der Waals surface area contributed by atoms with Gasteiger partial charge in [0.15, 0.2) is 6.61 Å². The van der Waals surface area contributed by atoms with Crippen LogP contribution < -0.4 is 15.8 Å². The standard InChI is InChI=1S/C13H18N2O4/c1-2-9-4-3-5-10(6-9)19-8-12(17)15-7-11(16)13(14)18/h3-6,11,16H,2,7-8H2,1H3,(H2,14,18)(H,15,17). The fourth-order valence-corrected chi connectivity index (χ4v) is 1.37. The number of aliphatic hydroxyl groups is 1. The van der Waals surface area contributed by atoms with Crippen molar-refractivity contribution < 1.29 is 19.4 Å². The molecule has 0 aliphatic heterocycles. The number of carbonyl (C=O) groups is 2. The highest BCUT2D eigenvalue weighted by Gasteiger charge is 2.12. The Kier molecular flexibility index (Phi) is 5.81. The minimum Gasteiger partial charge on any atom is -0.484 e. The molecule has 0 fully saturated rings. The van der Waals surface area contributed by atoms with Crippen LogP contribution in [0.2, 0.25) is 0 Å². The van der Waals surface area contributed by atoms with E-state index in [-0.39, 0.29) is 13.2 Å². The van der Waals surface area contributed by atoms with Crippen LogP contribution in [0.15, 0.2) is 24.3 Å². The van der Waals surface area contributed by atoms with Crippen LogP contribution >= 0.6 is 0 Å². The third-order valence-electron chi connectivity index (χ3n) is 2.50. The third kappa shape index (κ3) is 5.39. The average Bonchev–Trinajstić information content (AvgIpc) is 2.42. The minimum atomic E-state index is -1.38. The van der Waals surface area contributed by atoms with Gasteiger partial charge in [-0.15, -0.1) is 0 Å². The Morgan fingerprint density at radius 1 is 1.47 bits per heavy atom. The van der Waals surface area contributed by atoms with Crippen LogP contribution in [-0.2, 0) is 16.0 Å². The number of carbonyl (C=O) groups excluding carboxylic acids is 2. The van der Waals surface area contributed by atoms with Crippen LogP contribution in [0.4, 0.5) is 0 Å². The van der Waals surface area contributed by atoms with Crippen molar-refractivity contribution in [2.45, 2.75) is 19.4 Å². The molecule has 4 N–H and O–H groups in total. The van der Waals surface area contributed by atoms with Crippen LogP contribution in [0.5, 0.6) is 5.75 Å². The molecule has 0 saturated heterocycles. The summed E-state index contributed by atoms with van der Waals surface area (Å²) in [7, 11) is 0. The second-order valence-corrected chi connectivity index (χ2v) is 4.01. The van der Waals surface area contributed by atoms with Gasteiger partial charge in [0.1, 0.15) is 11.9 Å². The van der Waals surface area contributed by atoms with E-state index in [0.29, 0.717) is 5.75 Å². The normalized spacial score (nSPS) is 11.7. The van der Waals surface area contributed by atoms with Crippen LogP contribution in [-0.4, -0.2) is 36.2 Å². The lowest BCUT2D eigenvalue weighted by Gasteiger charge is -2.10. The summed E-state index contributed by atoms with van der Waals surface area (Å²) < 4.78 is 5.29. The molecule has 0 aromatic heterocycles. The van der Waals surface area contributed by atoms with E-state index in [4.69, 9.17) is 15.6 Å². The van der Waals surface area contributed by atoms with Gasteiger partial charge >= 0.3 is 0 Å². The maximum Gasteiger partial charge on any atom is 0.258 e. The molecule has 1 unspecified atom stereocenters. The van der Waals surface area contributed by atoms with Crippen molar-refractivity contribution in [3.8, 4) is 5.75 Å². The fourth-order valence-electron chi connectivity index (χ4n) is 1.37. The summed E-state index contributed by atoms with van der Waals surface area (Å²) in [5, 5.41) is 11.4. The molecule has 6 heteroatoms. The maximum atomic E-state index is 11.4. The lowest BCUT2D eigenvalue weighted by molar-refractivity contribution is -0.127. The molecule has 0 bridgehead atoms. The Morgan fingerprint density at radius 2 is 2.21 bits per heavy atom. The predicted octanol–water partition coefficient (Wildman–Crippen LogP) is -0.410. The molecule has 19 heavy (non-hydrogen) atoms. The molecular weight excluding hydrogens is 248 g/mol. The number of hydrogen-bond acceptors (Lipinski definition) is 4. The molecule has 0 aliphatic carbocycles. The quantitative estimate of drug-likeness (QED) is 0.624. The van der Waals surface area contributed by atoms with E-state index < -0.39 is 17.9 Å². The summed E-state index contributed by atoms with van der Waals surface area (Å²) in [6, 6.07) is 7.43. The fraction of sp³-hybridized carbons (Fsp3) is 0.385. The van der Waals surface area contributed by atoms with Gasteiger partial charge in [0.05, 0.1) is 6.54 Å². The van der Waals surface area contributed by atoms with Crippen LogP contribution in [0.3, 0.4) is 0 Å². The molecule has 2 amide bonds. The largest absolute Gasteiger partial charge is 0.484 e. The van der Waals surface area contributed by atoms with Gasteiger partial charge in [-0.25, -0.2) is 0 Å². The van der Waals surface area contributed by atoms with E-state index in [9.17, 15) is 9.59 Å². The Hall–Kier alpha value is -2.08. The third-order valence-corrected chi connectivity index (χ3v) is 2.50. The van der Waals surface area contributed by atoms with Gasteiger partial charge in [0.2, 0.25) is 5.91 Å². The molecular formula is C13H18N2O4. The SMILES string of the molecule is CCc1cccc(OCC(=O)NCC(O)C(N)=O)c1. The van der Waals surface area contributed by atoms with E-state index >= 15 is 0 Å². The highest BCUT2D eigenvalue weighted by molar-refractivity contribution is 5.81. The summed E-state index contributed by atoms with van der Waals surface area (Å²) in [6.45, 7) is 1.63. The Balaban J connectivity index is 2.35. The van der Waals surface area contributed by atoms with Gasteiger partial charge < -0.3 is 20.9 Å². The molecule has 104 valence electrons. The van der Waals surface area contributed by atoms with E-state index in [1.54, 1.807) is 6.07 Å². The molecule has 0 aliphatic rings. The van der Waals surface area contributed by atoms with Gasteiger partial charge in [-0.2, -0.15) is 0 Å². The summed E-state index contributed by atoms with van der Waals surface area (Å²) >= 11 is 0.